The average Bonchev–Trinajstić information content (AvgIpc) is 1.64. The van der Waals surface area contributed by atoms with Crippen LogP contribution in [0.15, 0.2) is 19.1 Å². The molecule has 0 aromatic heterocycles. The Kier molecular flexibility index (Phi) is 2.92. The summed E-state index contributed by atoms with van der Waals surface area (Å²) in [6.45, 7) is 0. The topological polar surface area (TPSA) is 0 Å². The SMILES string of the molecule is BrC1=CI=CC(Br)=C1. The maximum atomic E-state index is 3.39. The van der Waals surface area contributed by atoms with Crippen molar-refractivity contribution in [3.63, 3.8) is 0 Å². The van der Waals surface area contributed by atoms with E-state index in [1.165, 1.54) is 8.96 Å². The van der Waals surface area contributed by atoms with Gasteiger partial charge in [-0.1, -0.05) is 52.6 Å². The highest BCUT2D eigenvalue weighted by molar-refractivity contribution is 14.2. The molecule has 0 saturated carbocycles. The van der Waals surface area contributed by atoms with Gasteiger partial charge in [0.2, 0.25) is 0 Å². The zero-order valence-electron chi connectivity index (χ0n) is 3.87. The van der Waals surface area contributed by atoms with Gasteiger partial charge in [-0.2, -0.15) is 0 Å². The Morgan fingerprint density at radius 1 is 1.25 bits per heavy atom. The number of hydrogen-bond acceptors (Lipinski definition) is 0. The molecule has 44 valence electrons. The number of halogens is 3. The molecule has 8 heavy (non-hydrogen) atoms. The Bertz CT molecular complexity index is 176. The molecule has 1 heterocycles. The first-order chi connectivity index (χ1) is 3.79. The summed E-state index contributed by atoms with van der Waals surface area (Å²) in [5.41, 5.74) is 0. The number of rotatable bonds is 0. The van der Waals surface area contributed by atoms with E-state index in [1.54, 1.807) is 0 Å². The second kappa shape index (κ2) is 3.27. The second-order valence-electron chi connectivity index (χ2n) is 1.26. The molecule has 0 aliphatic carbocycles. The summed E-state index contributed by atoms with van der Waals surface area (Å²) in [5.74, 6) is 0. The third-order valence-corrected chi connectivity index (χ3v) is 5.30. The van der Waals surface area contributed by atoms with Gasteiger partial charge >= 0.3 is 0 Å². The first kappa shape index (κ1) is 7.15. The minimum absolute atomic E-state index is 0.185. The van der Waals surface area contributed by atoms with Gasteiger partial charge in [0.05, 0.1) is 0 Å². The summed E-state index contributed by atoms with van der Waals surface area (Å²) in [4.78, 5) is 0. The van der Waals surface area contributed by atoms with E-state index < -0.39 is 0 Å². The molecule has 0 bridgehead atoms. The first-order valence-corrected chi connectivity index (χ1v) is 6.05. The lowest BCUT2D eigenvalue weighted by Gasteiger charge is -1.93. The molecule has 0 amide bonds. The van der Waals surface area contributed by atoms with Gasteiger partial charge in [-0.15, -0.1) is 0 Å². The Balaban J connectivity index is 2.89. The second-order valence-corrected chi connectivity index (χ2v) is 5.05. The van der Waals surface area contributed by atoms with Crippen LogP contribution in [0.1, 0.15) is 0 Å². The molecule has 0 nitrogen and oxygen atoms in total. The Morgan fingerprint density at radius 3 is 2.38 bits per heavy atom. The Hall–Kier alpha value is 1.04. The summed E-state index contributed by atoms with van der Waals surface area (Å²) in [6, 6.07) is 0. The van der Waals surface area contributed by atoms with Crippen LogP contribution in [-0.4, -0.2) is 4.01 Å². The normalized spacial score (nSPS) is 18.8. The lowest BCUT2D eigenvalue weighted by molar-refractivity contribution is 2.01. The molecule has 0 saturated heterocycles. The van der Waals surface area contributed by atoms with Crippen molar-refractivity contribution in [3.8, 4) is 0 Å². The Morgan fingerprint density at radius 2 is 2.00 bits per heavy atom. The van der Waals surface area contributed by atoms with Crippen LogP contribution in [0.2, 0.25) is 0 Å². The zero-order chi connectivity index (χ0) is 5.98. The predicted octanol–water partition coefficient (Wildman–Crippen LogP) is 3.29. The highest BCUT2D eigenvalue weighted by atomic mass is 127. The van der Waals surface area contributed by atoms with Crippen LogP contribution in [0, 0.1) is 0 Å². The van der Waals surface area contributed by atoms with E-state index in [2.05, 4.69) is 46.0 Å². The lowest BCUT2D eigenvalue weighted by Crippen LogP contribution is -1.72. The molecule has 0 aromatic rings. The van der Waals surface area contributed by atoms with Crippen LogP contribution in [-0.2, 0) is 0 Å². The zero-order valence-corrected chi connectivity index (χ0v) is 9.20. The molecule has 1 aliphatic heterocycles. The van der Waals surface area contributed by atoms with Gasteiger partial charge in [0.15, 0.2) is 0 Å². The maximum absolute atomic E-state index is 3.39. The molecule has 3 heteroatoms. The summed E-state index contributed by atoms with van der Waals surface area (Å²) in [5, 5.41) is 0. The van der Waals surface area contributed by atoms with Crippen LogP contribution in [0.3, 0.4) is 0 Å². The maximum Gasteiger partial charge on any atom is 0.0243 e. The van der Waals surface area contributed by atoms with E-state index in [0.717, 1.165) is 0 Å². The van der Waals surface area contributed by atoms with Gasteiger partial charge in [-0.05, 0) is 14.2 Å². The van der Waals surface area contributed by atoms with E-state index >= 15 is 0 Å². The fourth-order valence-electron chi connectivity index (χ4n) is 0.347. The van der Waals surface area contributed by atoms with Gasteiger partial charge in [-0.3, -0.25) is 0 Å². The van der Waals surface area contributed by atoms with Crippen LogP contribution in [0.4, 0.5) is 0 Å². The van der Waals surface area contributed by atoms with Crippen LogP contribution in [0.5, 0.6) is 0 Å². The van der Waals surface area contributed by atoms with Crippen LogP contribution in [0.25, 0.3) is 0 Å². The third-order valence-electron chi connectivity index (χ3n) is 0.610. The minimum atomic E-state index is 0.185. The van der Waals surface area contributed by atoms with E-state index in [-0.39, 0.29) is 20.7 Å². The monoisotopic (exact) mass is 348 g/mol. The van der Waals surface area contributed by atoms with Crippen molar-refractivity contribution < 1.29 is 0 Å². The fourth-order valence-corrected chi connectivity index (χ4v) is 3.71. The third kappa shape index (κ3) is 2.11. The van der Waals surface area contributed by atoms with Gasteiger partial charge in [0, 0.05) is 8.96 Å². The minimum Gasteiger partial charge on any atom is -0.0914 e. The molecule has 0 N–H and O–H groups in total. The largest absolute Gasteiger partial charge is 0.0914 e. The van der Waals surface area contributed by atoms with E-state index in [0.29, 0.717) is 0 Å². The van der Waals surface area contributed by atoms with Crippen molar-refractivity contribution >= 4 is 56.6 Å². The fraction of sp³-hybridized carbons (Fsp3) is 0. The molecule has 1 aliphatic rings. The highest BCUT2D eigenvalue weighted by Crippen LogP contribution is 2.22. The molecular weight excluding hydrogens is 347 g/mol. The molecule has 0 atom stereocenters. The predicted molar refractivity (Wildman–Crippen MR) is 54.1 cm³/mol. The summed E-state index contributed by atoms with van der Waals surface area (Å²) in [6.07, 6.45) is 2.06. The lowest BCUT2D eigenvalue weighted by atomic mass is 10.5. The standard InChI is InChI=1S/C5H3Br2I/c6-4-1-5(7)3-8-2-4/h1-3H. The van der Waals surface area contributed by atoms with Crippen molar-refractivity contribution in [1.82, 2.24) is 0 Å². The first-order valence-electron chi connectivity index (χ1n) is 1.97. The number of hydrogen-bond donors (Lipinski definition) is 0. The molecule has 0 unspecified atom stereocenters. The highest BCUT2D eigenvalue weighted by Gasteiger charge is 1.91. The molecule has 1 rings (SSSR count). The molecule has 0 fully saturated rings. The molecule has 0 radical (unpaired) electrons. The van der Waals surface area contributed by atoms with Crippen molar-refractivity contribution in [2.75, 3.05) is 0 Å². The van der Waals surface area contributed by atoms with Gasteiger partial charge in [0.1, 0.15) is 0 Å². The average molecular weight is 350 g/mol. The summed E-state index contributed by atoms with van der Waals surface area (Å²) < 4.78 is 6.87. The summed E-state index contributed by atoms with van der Waals surface area (Å²) in [7, 11) is 0. The quantitative estimate of drug-likeness (QED) is 0.589. The van der Waals surface area contributed by atoms with Gasteiger partial charge in [-0.25, -0.2) is 0 Å². The summed E-state index contributed by atoms with van der Waals surface area (Å²) >= 11 is 6.97. The van der Waals surface area contributed by atoms with Gasteiger partial charge < -0.3 is 0 Å². The molecule has 0 spiro atoms. The van der Waals surface area contributed by atoms with E-state index in [1.807, 2.05) is 0 Å². The molecule has 0 aromatic carbocycles. The van der Waals surface area contributed by atoms with Crippen LogP contribution < -0.4 is 0 Å². The number of allylic oxidation sites excluding steroid dienone is 3. The smallest absolute Gasteiger partial charge is 0.0243 e. The molecular formula is C5H3Br2I. The van der Waals surface area contributed by atoms with Crippen molar-refractivity contribution in [2.45, 2.75) is 0 Å². The van der Waals surface area contributed by atoms with Gasteiger partial charge in [0.25, 0.3) is 0 Å². The van der Waals surface area contributed by atoms with E-state index in [4.69, 9.17) is 0 Å². The Labute approximate surface area is 75.0 Å². The van der Waals surface area contributed by atoms with Crippen LogP contribution >= 0.6 is 52.6 Å². The van der Waals surface area contributed by atoms with Crippen molar-refractivity contribution in [2.24, 2.45) is 0 Å². The van der Waals surface area contributed by atoms with Crippen molar-refractivity contribution in [1.29, 1.82) is 0 Å². The van der Waals surface area contributed by atoms with E-state index in [9.17, 15) is 0 Å². The van der Waals surface area contributed by atoms with Crippen molar-refractivity contribution in [3.05, 3.63) is 19.1 Å².